The third kappa shape index (κ3) is 4.33. The third-order valence-corrected chi connectivity index (χ3v) is 5.10. The highest BCUT2D eigenvalue weighted by molar-refractivity contribution is 5.85. The number of amides is 1. The summed E-state index contributed by atoms with van der Waals surface area (Å²) in [5, 5.41) is 3.09. The van der Waals surface area contributed by atoms with Crippen molar-refractivity contribution >= 4 is 18.3 Å². The van der Waals surface area contributed by atoms with Crippen LogP contribution in [0, 0.1) is 5.41 Å². The lowest BCUT2D eigenvalue weighted by atomic mass is 9.58. The summed E-state index contributed by atoms with van der Waals surface area (Å²) in [6.45, 7) is 8.16. The molecule has 1 fully saturated rings. The molecule has 0 saturated heterocycles. The van der Waals surface area contributed by atoms with Gasteiger partial charge in [-0.25, -0.2) is 0 Å². The molecule has 0 spiro atoms. The molecule has 1 saturated carbocycles. The zero-order valence-electron chi connectivity index (χ0n) is 14.3. The normalized spacial score (nSPS) is 23.1. The summed E-state index contributed by atoms with van der Waals surface area (Å²) in [4.78, 5) is 14.3. The summed E-state index contributed by atoms with van der Waals surface area (Å²) in [5.41, 5.74) is 0.156. The van der Waals surface area contributed by atoms with Crippen LogP contribution in [-0.2, 0) is 9.53 Å². The third-order valence-electron chi connectivity index (χ3n) is 5.10. The van der Waals surface area contributed by atoms with Crippen LogP contribution in [0.15, 0.2) is 0 Å². The highest BCUT2D eigenvalue weighted by Crippen LogP contribution is 2.51. The van der Waals surface area contributed by atoms with Gasteiger partial charge in [0, 0.05) is 31.5 Å². The lowest BCUT2D eigenvalue weighted by Crippen LogP contribution is -2.64. The first-order chi connectivity index (χ1) is 9.57. The van der Waals surface area contributed by atoms with E-state index in [1.807, 2.05) is 19.0 Å². The van der Waals surface area contributed by atoms with E-state index in [0.29, 0.717) is 18.6 Å². The number of ether oxygens (including phenoxy) is 1. The van der Waals surface area contributed by atoms with Crippen molar-refractivity contribution in [1.82, 2.24) is 10.2 Å². The smallest absolute Gasteiger partial charge is 0.222 e. The summed E-state index contributed by atoms with van der Waals surface area (Å²) in [7, 11) is 3.89. The number of hydrogen-bond donors (Lipinski definition) is 1. The standard InChI is InChI=1S/C16H32N2O2.ClH/c1-6-16(7-2)13(12-14(16)20-8-3)18(5)15(19)10-9-11-17-4;/h13-14,17H,6-12H2,1-5H3;1H. The first kappa shape index (κ1) is 20.7. The maximum absolute atomic E-state index is 12.3. The average Bonchev–Trinajstić information content (AvgIpc) is 2.44. The lowest BCUT2D eigenvalue weighted by molar-refractivity contribution is -0.177. The fourth-order valence-electron chi connectivity index (χ4n) is 3.65. The Hall–Kier alpha value is -0.320. The van der Waals surface area contributed by atoms with Crippen molar-refractivity contribution in [1.29, 1.82) is 0 Å². The fraction of sp³-hybridized carbons (Fsp3) is 0.938. The molecule has 1 aliphatic carbocycles. The van der Waals surface area contributed by atoms with E-state index in [2.05, 4.69) is 26.1 Å². The van der Waals surface area contributed by atoms with Crippen LogP contribution in [0.25, 0.3) is 0 Å². The summed E-state index contributed by atoms with van der Waals surface area (Å²) in [6, 6.07) is 0.344. The minimum absolute atomic E-state index is 0. The Morgan fingerprint density at radius 2 is 1.95 bits per heavy atom. The first-order valence-corrected chi connectivity index (χ1v) is 8.09. The van der Waals surface area contributed by atoms with E-state index in [4.69, 9.17) is 4.74 Å². The van der Waals surface area contributed by atoms with E-state index in [9.17, 15) is 4.79 Å². The van der Waals surface area contributed by atoms with Crippen LogP contribution in [-0.4, -0.2) is 50.2 Å². The second-order valence-corrected chi connectivity index (χ2v) is 5.85. The molecule has 1 aliphatic rings. The number of carbonyl (C=O) groups is 1. The van der Waals surface area contributed by atoms with Crippen molar-refractivity contribution in [2.45, 2.75) is 65.0 Å². The number of nitrogens with one attached hydrogen (secondary N) is 1. The van der Waals surface area contributed by atoms with E-state index in [-0.39, 0.29) is 23.7 Å². The van der Waals surface area contributed by atoms with Gasteiger partial charge in [0.15, 0.2) is 0 Å². The molecule has 1 N–H and O–H groups in total. The monoisotopic (exact) mass is 320 g/mol. The fourth-order valence-corrected chi connectivity index (χ4v) is 3.65. The van der Waals surface area contributed by atoms with E-state index < -0.39 is 0 Å². The molecule has 2 unspecified atom stereocenters. The van der Waals surface area contributed by atoms with Gasteiger partial charge in [-0.2, -0.15) is 0 Å². The SMILES string of the molecule is CCOC1CC(N(C)C(=O)CCCNC)C1(CC)CC.Cl. The Morgan fingerprint density at radius 1 is 1.33 bits per heavy atom. The topological polar surface area (TPSA) is 41.6 Å². The van der Waals surface area contributed by atoms with Gasteiger partial charge in [0.05, 0.1) is 6.10 Å². The minimum Gasteiger partial charge on any atom is -0.378 e. The Labute approximate surface area is 136 Å². The molecule has 0 bridgehead atoms. The number of carbonyl (C=O) groups excluding carboxylic acids is 1. The Bertz CT molecular complexity index is 309. The number of nitrogens with zero attached hydrogens (tertiary/aromatic N) is 1. The van der Waals surface area contributed by atoms with Crippen LogP contribution >= 0.6 is 12.4 Å². The van der Waals surface area contributed by atoms with Crippen molar-refractivity contribution in [3.05, 3.63) is 0 Å². The Morgan fingerprint density at radius 3 is 2.43 bits per heavy atom. The van der Waals surface area contributed by atoms with Crippen LogP contribution in [0.4, 0.5) is 0 Å². The van der Waals surface area contributed by atoms with E-state index in [1.165, 1.54) is 0 Å². The van der Waals surface area contributed by atoms with E-state index in [0.717, 1.165) is 38.8 Å². The van der Waals surface area contributed by atoms with Gasteiger partial charge < -0.3 is 15.0 Å². The second-order valence-electron chi connectivity index (χ2n) is 5.85. The molecule has 4 nitrogen and oxygen atoms in total. The molecule has 0 radical (unpaired) electrons. The molecule has 0 aromatic carbocycles. The zero-order valence-corrected chi connectivity index (χ0v) is 15.1. The quantitative estimate of drug-likeness (QED) is 0.664. The second kappa shape index (κ2) is 9.65. The van der Waals surface area contributed by atoms with E-state index in [1.54, 1.807) is 0 Å². The summed E-state index contributed by atoms with van der Waals surface area (Å²) >= 11 is 0. The predicted octanol–water partition coefficient (Wildman–Crippen LogP) is 2.85. The molecule has 5 heteroatoms. The van der Waals surface area contributed by atoms with Gasteiger partial charge in [-0.3, -0.25) is 4.79 Å². The Balaban J connectivity index is 0.00000400. The Kier molecular flexibility index (Phi) is 9.50. The van der Waals surface area contributed by atoms with Crippen molar-refractivity contribution in [2.24, 2.45) is 5.41 Å². The minimum atomic E-state index is 0. The maximum Gasteiger partial charge on any atom is 0.222 e. The first-order valence-electron chi connectivity index (χ1n) is 8.09. The zero-order chi connectivity index (χ0) is 15.2. The molecule has 0 heterocycles. The average molecular weight is 321 g/mol. The molecule has 21 heavy (non-hydrogen) atoms. The van der Waals surface area contributed by atoms with Crippen molar-refractivity contribution in [2.75, 3.05) is 27.2 Å². The van der Waals surface area contributed by atoms with Crippen molar-refractivity contribution < 1.29 is 9.53 Å². The molecule has 1 rings (SSSR count). The highest BCUT2D eigenvalue weighted by Gasteiger charge is 2.55. The molecule has 126 valence electrons. The van der Waals surface area contributed by atoms with E-state index >= 15 is 0 Å². The largest absolute Gasteiger partial charge is 0.378 e. The maximum atomic E-state index is 12.3. The van der Waals surface area contributed by atoms with Gasteiger partial charge in [-0.15, -0.1) is 12.4 Å². The van der Waals surface area contributed by atoms with Gasteiger partial charge in [0.1, 0.15) is 0 Å². The van der Waals surface area contributed by atoms with Gasteiger partial charge >= 0.3 is 0 Å². The summed E-state index contributed by atoms with van der Waals surface area (Å²) < 4.78 is 5.89. The highest BCUT2D eigenvalue weighted by atomic mass is 35.5. The number of halogens is 1. The molecular formula is C16H33ClN2O2. The molecule has 2 atom stereocenters. The van der Waals surface area contributed by atoms with Gasteiger partial charge in [0.25, 0.3) is 0 Å². The van der Waals surface area contributed by atoms with Crippen LogP contribution in [0.2, 0.25) is 0 Å². The van der Waals surface area contributed by atoms with Crippen LogP contribution in [0.1, 0.15) is 52.9 Å². The number of hydrogen-bond acceptors (Lipinski definition) is 3. The lowest BCUT2D eigenvalue weighted by Gasteiger charge is -2.58. The molecule has 1 amide bonds. The van der Waals surface area contributed by atoms with Crippen LogP contribution in [0.5, 0.6) is 0 Å². The van der Waals surface area contributed by atoms with Gasteiger partial charge in [-0.05, 0) is 46.2 Å². The van der Waals surface area contributed by atoms with Crippen molar-refractivity contribution in [3.8, 4) is 0 Å². The number of rotatable bonds is 9. The van der Waals surface area contributed by atoms with Crippen LogP contribution < -0.4 is 5.32 Å². The van der Waals surface area contributed by atoms with Gasteiger partial charge in [-0.1, -0.05) is 13.8 Å². The van der Waals surface area contributed by atoms with Gasteiger partial charge in [0.2, 0.25) is 5.91 Å². The van der Waals surface area contributed by atoms with Crippen LogP contribution in [0.3, 0.4) is 0 Å². The molecule has 0 aliphatic heterocycles. The molecule has 0 aromatic heterocycles. The summed E-state index contributed by atoms with van der Waals surface area (Å²) in [6.07, 6.45) is 5.01. The predicted molar refractivity (Wildman–Crippen MR) is 90.0 cm³/mol. The summed E-state index contributed by atoms with van der Waals surface area (Å²) in [5.74, 6) is 0.270. The molecule has 0 aromatic rings. The molecular weight excluding hydrogens is 288 g/mol. The van der Waals surface area contributed by atoms with Crippen molar-refractivity contribution in [3.63, 3.8) is 0 Å².